The molecule has 212 valence electrons. The van der Waals surface area contributed by atoms with Crippen molar-refractivity contribution in [2.24, 2.45) is 5.73 Å². The zero-order valence-corrected chi connectivity index (χ0v) is 24.9. The second kappa shape index (κ2) is 10.6. The van der Waals surface area contributed by atoms with Gasteiger partial charge in [0.1, 0.15) is 16.5 Å². The zero-order valence-electron chi connectivity index (χ0n) is 24.0. The molecular formula is C30H38N6O3S. The summed E-state index contributed by atoms with van der Waals surface area (Å²) in [5.41, 5.74) is 13.2. The van der Waals surface area contributed by atoms with Crippen molar-refractivity contribution < 1.29 is 13.2 Å². The molecule has 5 rings (SSSR count). The van der Waals surface area contributed by atoms with E-state index in [0.29, 0.717) is 6.42 Å². The Morgan fingerprint density at radius 3 is 2.62 bits per heavy atom. The van der Waals surface area contributed by atoms with E-state index in [1.54, 1.807) is 18.3 Å². The highest BCUT2D eigenvalue weighted by atomic mass is 32.2. The SMILES string of the molecule is CC[C@@H]1CN(Cc2cc(C(c3ccc4c(nnn4CC)c3C)C(C)(C)N)ccc2C)S(=O)(=O)c2cccnc2O1. The average molecular weight is 563 g/mol. The summed E-state index contributed by atoms with van der Waals surface area (Å²) in [6.07, 6.45) is 1.92. The predicted molar refractivity (Wildman–Crippen MR) is 156 cm³/mol. The molecule has 0 aliphatic carbocycles. The van der Waals surface area contributed by atoms with E-state index in [1.807, 2.05) is 39.3 Å². The maximum atomic E-state index is 13.8. The fourth-order valence-electron chi connectivity index (χ4n) is 5.65. The normalized spacial score (nSPS) is 18.2. The number of hydrogen-bond donors (Lipinski definition) is 1. The van der Waals surface area contributed by atoms with E-state index in [1.165, 1.54) is 4.31 Å². The maximum Gasteiger partial charge on any atom is 0.248 e. The molecule has 0 spiro atoms. The number of ether oxygens (including phenoxy) is 1. The van der Waals surface area contributed by atoms with Crippen LogP contribution >= 0.6 is 0 Å². The Hall–Kier alpha value is -3.34. The first-order valence-electron chi connectivity index (χ1n) is 13.8. The summed E-state index contributed by atoms with van der Waals surface area (Å²) in [7, 11) is -3.82. The first-order chi connectivity index (χ1) is 19.0. The van der Waals surface area contributed by atoms with E-state index >= 15 is 0 Å². The molecule has 1 aliphatic rings. The van der Waals surface area contributed by atoms with Gasteiger partial charge in [-0.3, -0.25) is 0 Å². The van der Waals surface area contributed by atoms with Gasteiger partial charge in [-0.2, -0.15) is 4.31 Å². The minimum atomic E-state index is -3.82. The Morgan fingerprint density at radius 1 is 1.15 bits per heavy atom. The van der Waals surface area contributed by atoms with Crippen LogP contribution in [0.4, 0.5) is 0 Å². The number of benzene rings is 2. The molecule has 1 unspecified atom stereocenters. The topological polar surface area (TPSA) is 116 Å². The minimum Gasteiger partial charge on any atom is -0.472 e. The lowest BCUT2D eigenvalue weighted by atomic mass is 9.75. The molecule has 0 bridgehead atoms. The van der Waals surface area contributed by atoms with Gasteiger partial charge in [0.25, 0.3) is 0 Å². The van der Waals surface area contributed by atoms with Crippen molar-refractivity contribution in [3.05, 3.63) is 76.5 Å². The first-order valence-corrected chi connectivity index (χ1v) is 15.2. The van der Waals surface area contributed by atoms with Crippen molar-refractivity contribution in [3.63, 3.8) is 0 Å². The van der Waals surface area contributed by atoms with Gasteiger partial charge in [0, 0.05) is 30.7 Å². The van der Waals surface area contributed by atoms with Crippen molar-refractivity contribution in [1.82, 2.24) is 24.3 Å². The van der Waals surface area contributed by atoms with Gasteiger partial charge in [-0.25, -0.2) is 18.1 Å². The van der Waals surface area contributed by atoms with Crippen LogP contribution in [0.3, 0.4) is 0 Å². The molecule has 4 aromatic rings. The predicted octanol–water partition coefficient (Wildman–Crippen LogP) is 4.69. The Labute approximate surface area is 236 Å². The summed E-state index contributed by atoms with van der Waals surface area (Å²) >= 11 is 0. The Kier molecular flexibility index (Phi) is 7.45. The molecule has 2 aromatic carbocycles. The summed E-state index contributed by atoms with van der Waals surface area (Å²) in [5.74, 6) is 0.0126. The Morgan fingerprint density at radius 2 is 1.93 bits per heavy atom. The van der Waals surface area contributed by atoms with Crippen molar-refractivity contribution in [3.8, 4) is 5.88 Å². The van der Waals surface area contributed by atoms with Gasteiger partial charge in [-0.15, -0.1) is 5.10 Å². The molecule has 40 heavy (non-hydrogen) atoms. The lowest BCUT2D eigenvalue weighted by molar-refractivity contribution is 0.162. The molecule has 0 saturated carbocycles. The highest BCUT2D eigenvalue weighted by Crippen LogP contribution is 2.38. The number of hydrogen-bond acceptors (Lipinski definition) is 7. The van der Waals surface area contributed by atoms with E-state index in [0.717, 1.165) is 45.4 Å². The summed E-state index contributed by atoms with van der Waals surface area (Å²) < 4.78 is 36.9. The van der Waals surface area contributed by atoms with Crippen LogP contribution in [0.5, 0.6) is 5.88 Å². The van der Waals surface area contributed by atoms with Crippen LogP contribution in [-0.4, -0.2) is 50.9 Å². The van der Waals surface area contributed by atoms with Crippen LogP contribution in [0.15, 0.2) is 53.6 Å². The highest BCUT2D eigenvalue weighted by molar-refractivity contribution is 7.89. The molecule has 2 atom stereocenters. The highest BCUT2D eigenvalue weighted by Gasteiger charge is 2.36. The second-order valence-corrected chi connectivity index (χ2v) is 13.2. The van der Waals surface area contributed by atoms with Crippen LogP contribution in [0, 0.1) is 13.8 Å². The lowest BCUT2D eigenvalue weighted by Gasteiger charge is -2.33. The number of rotatable bonds is 7. The van der Waals surface area contributed by atoms with E-state index in [-0.39, 0.29) is 35.9 Å². The number of fused-ring (bicyclic) bond motifs is 2. The zero-order chi connectivity index (χ0) is 28.8. The number of nitrogens with two attached hydrogens (primary N) is 1. The number of aromatic nitrogens is 4. The van der Waals surface area contributed by atoms with E-state index in [4.69, 9.17) is 10.5 Å². The number of aryl methyl sites for hydroxylation is 3. The van der Waals surface area contributed by atoms with Gasteiger partial charge in [-0.1, -0.05) is 36.4 Å². The fraction of sp³-hybridized carbons (Fsp3) is 0.433. The summed E-state index contributed by atoms with van der Waals surface area (Å²) in [6, 6.07) is 13.6. The Bertz CT molecular complexity index is 1660. The number of sulfonamides is 1. The van der Waals surface area contributed by atoms with Crippen LogP contribution < -0.4 is 10.5 Å². The van der Waals surface area contributed by atoms with Crippen molar-refractivity contribution in [2.75, 3.05) is 6.54 Å². The van der Waals surface area contributed by atoms with Gasteiger partial charge in [0.05, 0.1) is 12.1 Å². The molecule has 9 nitrogen and oxygen atoms in total. The minimum absolute atomic E-state index is 0.102. The third-order valence-corrected chi connectivity index (χ3v) is 9.71. The van der Waals surface area contributed by atoms with E-state index in [9.17, 15) is 8.42 Å². The standard InChI is InChI=1S/C30H38N6O3S/c1-7-23-18-35(40(37,38)26-10-9-15-32-29(26)39-23)17-22-16-21(12-11-19(22)3)27(30(5,6)31)24-13-14-25-28(20(24)4)33-34-36(25)8-2/h9-16,23,27H,7-8,17-18,31H2,1-6H3/t23-,27?/m1/s1. The van der Waals surface area contributed by atoms with Crippen molar-refractivity contribution in [2.45, 2.75) is 83.5 Å². The lowest BCUT2D eigenvalue weighted by Crippen LogP contribution is -2.40. The van der Waals surface area contributed by atoms with Gasteiger partial charge in [0.15, 0.2) is 0 Å². The monoisotopic (exact) mass is 562 g/mol. The summed E-state index contributed by atoms with van der Waals surface area (Å²) in [6.45, 7) is 13.4. The fourth-order valence-corrected chi connectivity index (χ4v) is 7.17. The van der Waals surface area contributed by atoms with Crippen LogP contribution in [-0.2, 0) is 23.1 Å². The third kappa shape index (κ3) is 5.00. The molecule has 10 heteroatoms. The van der Waals surface area contributed by atoms with Crippen molar-refractivity contribution in [1.29, 1.82) is 0 Å². The van der Waals surface area contributed by atoms with Crippen LogP contribution in [0.25, 0.3) is 11.0 Å². The molecule has 0 fully saturated rings. The smallest absolute Gasteiger partial charge is 0.248 e. The van der Waals surface area contributed by atoms with Gasteiger partial charge >= 0.3 is 0 Å². The first kappa shape index (κ1) is 28.2. The molecule has 0 radical (unpaired) electrons. The van der Waals surface area contributed by atoms with Crippen LogP contribution in [0.1, 0.15) is 67.9 Å². The molecule has 2 aromatic heterocycles. The van der Waals surface area contributed by atoms with Crippen LogP contribution in [0.2, 0.25) is 0 Å². The molecule has 3 heterocycles. The largest absolute Gasteiger partial charge is 0.472 e. The average Bonchev–Trinajstić information content (AvgIpc) is 3.30. The van der Waals surface area contributed by atoms with Gasteiger partial charge in [-0.05, 0) is 87.1 Å². The van der Waals surface area contributed by atoms with E-state index in [2.05, 4.69) is 52.6 Å². The van der Waals surface area contributed by atoms with Crippen molar-refractivity contribution >= 4 is 21.1 Å². The molecule has 1 aliphatic heterocycles. The second-order valence-electron chi connectivity index (χ2n) is 11.2. The molecular weight excluding hydrogens is 524 g/mol. The molecule has 0 saturated heterocycles. The summed E-state index contributed by atoms with van der Waals surface area (Å²) in [4.78, 5) is 4.32. The quantitative estimate of drug-likeness (QED) is 0.347. The van der Waals surface area contributed by atoms with E-state index < -0.39 is 15.6 Å². The Balaban J connectivity index is 1.58. The number of pyridine rings is 1. The van der Waals surface area contributed by atoms with Gasteiger partial charge in [0.2, 0.25) is 15.9 Å². The maximum absolute atomic E-state index is 13.8. The molecule has 0 amide bonds. The third-order valence-electron chi connectivity index (χ3n) is 7.89. The number of nitrogens with zero attached hydrogens (tertiary/aromatic N) is 5. The molecule has 2 N–H and O–H groups in total. The summed E-state index contributed by atoms with van der Waals surface area (Å²) in [5, 5.41) is 8.77. The van der Waals surface area contributed by atoms with Gasteiger partial charge < -0.3 is 10.5 Å².